The van der Waals surface area contributed by atoms with Gasteiger partial charge in [-0.2, -0.15) is 13.2 Å². The number of halogens is 3. The molecule has 2 atom stereocenters. The fourth-order valence-electron chi connectivity index (χ4n) is 1.33. The Hall–Kier alpha value is -1.21. The number of alkyl halides is 3. The Morgan fingerprint density at radius 3 is 2.45 bits per heavy atom. The second-order valence-corrected chi connectivity index (χ2v) is 5.20. The summed E-state index contributed by atoms with van der Waals surface area (Å²) >= 11 is 0.665. The number of hydrogen-bond donors (Lipinski definition) is 1. The monoisotopic (exact) mass is 308 g/mol. The van der Waals surface area contributed by atoms with Gasteiger partial charge in [-0.25, -0.2) is 0 Å². The summed E-state index contributed by atoms with van der Waals surface area (Å²) < 4.78 is 42.5. The number of aliphatic hydroxyl groups excluding tert-OH is 1. The van der Waals surface area contributed by atoms with Gasteiger partial charge in [0.1, 0.15) is 0 Å². The van der Waals surface area contributed by atoms with Gasteiger partial charge in [0.2, 0.25) is 0 Å². The first-order valence-electron chi connectivity index (χ1n) is 6.00. The van der Waals surface area contributed by atoms with E-state index in [0.717, 1.165) is 0 Å². The lowest BCUT2D eigenvalue weighted by Gasteiger charge is -2.24. The van der Waals surface area contributed by atoms with Gasteiger partial charge in [-0.1, -0.05) is 36.9 Å². The van der Waals surface area contributed by atoms with Crippen LogP contribution in [0.5, 0.6) is 0 Å². The van der Waals surface area contributed by atoms with Crippen LogP contribution in [0.3, 0.4) is 0 Å². The largest absolute Gasteiger partial charge is 0.448 e. The van der Waals surface area contributed by atoms with E-state index in [9.17, 15) is 23.1 Å². The standard InChI is InChI=1S/C13H15F3O3S/c1-2-6-10(17)19-12(11(18)13(14,15)16)20-9-7-4-3-5-8-9/h3-5,7-8,11-12,18H,2,6H2,1H3. The molecule has 1 aromatic carbocycles. The highest BCUT2D eigenvalue weighted by Gasteiger charge is 2.46. The van der Waals surface area contributed by atoms with Crippen LogP contribution in [0, 0.1) is 0 Å². The Kier molecular flexibility index (Phi) is 6.35. The highest BCUT2D eigenvalue weighted by atomic mass is 32.2. The highest BCUT2D eigenvalue weighted by molar-refractivity contribution is 7.99. The molecule has 112 valence electrons. The lowest BCUT2D eigenvalue weighted by molar-refractivity contribution is -0.222. The van der Waals surface area contributed by atoms with Gasteiger partial charge < -0.3 is 9.84 Å². The Balaban J connectivity index is 2.81. The van der Waals surface area contributed by atoms with E-state index in [1.165, 1.54) is 0 Å². The maximum absolute atomic E-state index is 12.6. The Morgan fingerprint density at radius 1 is 1.35 bits per heavy atom. The number of thioether (sulfide) groups is 1. The second-order valence-electron chi connectivity index (χ2n) is 4.03. The van der Waals surface area contributed by atoms with Crippen LogP contribution in [0.25, 0.3) is 0 Å². The van der Waals surface area contributed by atoms with E-state index in [1.807, 2.05) is 0 Å². The van der Waals surface area contributed by atoms with Crippen molar-refractivity contribution in [2.75, 3.05) is 0 Å². The Labute approximate surface area is 119 Å². The van der Waals surface area contributed by atoms with Gasteiger partial charge in [0.15, 0.2) is 11.5 Å². The maximum Gasteiger partial charge on any atom is 0.418 e. The zero-order valence-corrected chi connectivity index (χ0v) is 11.6. The number of ether oxygens (including phenoxy) is 1. The minimum Gasteiger partial charge on any atom is -0.448 e. The van der Waals surface area contributed by atoms with Crippen LogP contribution in [-0.2, 0) is 9.53 Å². The molecule has 0 aliphatic heterocycles. The first-order chi connectivity index (χ1) is 9.34. The minimum absolute atomic E-state index is 0.0103. The topological polar surface area (TPSA) is 46.5 Å². The normalized spacial score (nSPS) is 14.7. The average molecular weight is 308 g/mol. The first kappa shape index (κ1) is 16.8. The molecule has 1 N–H and O–H groups in total. The SMILES string of the molecule is CCCC(=O)OC(Sc1ccccc1)C(O)C(F)(F)F. The molecular weight excluding hydrogens is 293 g/mol. The van der Waals surface area contributed by atoms with Crippen molar-refractivity contribution in [2.45, 2.75) is 42.4 Å². The molecule has 3 nitrogen and oxygen atoms in total. The smallest absolute Gasteiger partial charge is 0.418 e. The van der Waals surface area contributed by atoms with Gasteiger partial charge in [0.25, 0.3) is 0 Å². The summed E-state index contributed by atoms with van der Waals surface area (Å²) in [6.45, 7) is 1.71. The lowest BCUT2D eigenvalue weighted by Crippen LogP contribution is -2.40. The zero-order valence-electron chi connectivity index (χ0n) is 10.8. The van der Waals surface area contributed by atoms with Crippen molar-refractivity contribution >= 4 is 17.7 Å². The number of benzene rings is 1. The van der Waals surface area contributed by atoms with Crippen molar-refractivity contribution in [1.82, 2.24) is 0 Å². The molecule has 0 aliphatic carbocycles. The fourth-order valence-corrected chi connectivity index (χ4v) is 2.35. The summed E-state index contributed by atoms with van der Waals surface area (Å²) in [6, 6.07) is 8.16. The summed E-state index contributed by atoms with van der Waals surface area (Å²) in [6.07, 6.45) is -7.10. The molecule has 7 heteroatoms. The molecule has 1 aromatic rings. The third-order valence-corrected chi connectivity index (χ3v) is 3.42. The summed E-state index contributed by atoms with van der Waals surface area (Å²) in [5, 5.41) is 9.30. The van der Waals surface area contributed by atoms with E-state index in [-0.39, 0.29) is 6.42 Å². The van der Waals surface area contributed by atoms with Gasteiger partial charge in [-0.15, -0.1) is 0 Å². The molecule has 0 bridgehead atoms. The predicted molar refractivity (Wildman–Crippen MR) is 69.1 cm³/mol. The summed E-state index contributed by atoms with van der Waals surface area (Å²) in [5.41, 5.74) is -1.71. The van der Waals surface area contributed by atoms with Crippen LogP contribution in [0.1, 0.15) is 19.8 Å². The highest BCUT2D eigenvalue weighted by Crippen LogP contribution is 2.33. The van der Waals surface area contributed by atoms with Gasteiger partial charge in [0, 0.05) is 11.3 Å². The molecule has 0 saturated heterocycles. The quantitative estimate of drug-likeness (QED) is 0.497. The number of aliphatic hydroxyl groups is 1. The van der Waals surface area contributed by atoms with Gasteiger partial charge >= 0.3 is 12.1 Å². The van der Waals surface area contributed by atoms with Crippen molar-refractivity contribution in [3.05, 3.63) is 30.3 Å². The van der Waals surface area contributed by atoms with Crippen molar-refractivity contribution < 1.29 is 27.8 Å². The molecular formula is C13H15F3O3S. The zero-order chi connectivity index (χ0) is 15.2. The van der Waals surface area contributed by atoms with E-state index in [0.29, 0.717) is 23.1 Å². The first-order valence-corrected chi connectivity index (χ1v) is 6.88. The van der Waals surface area contributed by atoms with Gasteiger partial charge in [-0.3, -0.25) is 4.79 Å². The van der Waals surface area contributed by atoms with Crippen molar-refractivity contribution in [2.24, 2.45) is 0 Å². The van der Waals surface area contributed by atoms with E-state index >= 15 is 0 Å². The van der Waals surface area contributed by atoms with Crippen molar-refractivity contribution in [3.8, 4) is 0 Å². The molecule has 0 aromatic heterocycles. The van der Waals surface area contributed by atoms with Gasteiger partial charge in [0.05, 0.1) is 0 Å². The Bertz CT molecular complexity index is 423. The number of rotatable bonds is 6. The Morgan fingerprint density at radius 2 is 1.95 bits per heavy atom. The van der Waals surface area contributed by atoms with E-state index in [1.54, 1.807) is 37.3 Å². The molecule has 0 heterocycles. The van der Waals surface area contributed by atoms with Crippen LogP contribution in [-0.4, -0.2) is 28.8 Å². The molecule has 0 radical (unpaired) electrons. The molecule has 0 aliphatic rings. The van der Waals surface area contributed by atoms with Crippen LogP contribution in [0.4, 0.5) is 13.2 Å². The average Bonchev–Trinajstić information content (AvgIpc) is 2.37. The number of esters is 1. The van der Waals surface area contributed by atoms with Crippen molar-refractivity contribution in [1.29, 1.82) is 0 Å². The number of hydrogen-bond acceptors (Lipinski definition) is 4. The third kappa shape index (κ3) is 5.42. The molecule has 20 heavy (non-hydrogen) atoms. The van der Waals surface area contributed by atoms with E-state index in [4.69, 9.17) is 4.74 Å². The fraction of sp³-hybridized carbons (Fsp3) is 0.462. The molecule has 0 amide bonds. The van der Waals surface area contributed by atoms with Crippen molar-refractivity contribution in [3.63, 3.8) is 0 Å². The summed E-state index contributed by atoms with van der Waals surface area (Å²) in [4.78, 5) is 11.8. The van der Waals surface area contributed by atoms with E-state index < -0.39 is 23.7 Å². The van der Waals surface area contributed by atoms with Crippen LogP contribution >= 0.6 is 11.8 Å². The van der Waals surface area contributed by atoms with Gasteiger partial charge in [-0.05, 0) is 18.6 Å². The van der Waals surface area contributed by atoms with Crippen LogP contribution < -0.4 is 0 Å². The molecule has 0 fully saturated rings. The molecule has 1 rings (SSSR count). The second kappa shape index (κ2) is 7.54. The third-order valence-electron chi connectivity index (χ3n) is 2.29. The van der Waals surface area contributed by atoms with E-state index in [2.05, 4.69) is 0 Å². The maximum atomic E-state index is 12.6. The molecule has 2 unspecified atom stereocenters. The molecule has 0 saturated carbocycles. The lowest BCUT2D eigenvalue weighted by atomic mass is 10.3. The number of carbonyl (C=O) groups excluding carboxylic acids is 1. The minimum atomic E-state index is -4.85. The van der Waals surface area contributed by atoms with Crippen LogP contribution in [0.2, 0.25) is 0 Å². The molecule has 0 spiro atoms. The summed E-state index contributed by atoms with van der Waals surface area (Å²) in [7, 11) is 0. The summed E-state index contributed by atoms with van der Waals surface area (Å²) in [5.74, 6) is -0.760. The number of carbonyl (C=O) groups is 1. The predicted octanol–water partition coefficient (Wildman–Crippen LogP) is 3.37. The van der Waals surface area contributed by atoms with Crippen LogP contribution in [0.15, 0.2) is 35.2 Å².